The van der Waals surface area contributed by atoms with Crippen molar-refractivity contribution in [3.05, 3.63) is 0 Å². The largest absolute Gasteiger partial charge is 0.370 e. The fourth-order valence-electron chi connectivity index (χ4n) is 2.16. The molecule has 22 heavy (non-hydrogen) atoms. The molecule has 0 aliphatic carbocycles. The third-order valence-electron chi connectivity index (χ3n) is 3.90. The Balaban J connectivity index is 2.32. The number of carbonyl (C=O) groups excluding carboxylic acids is 2. The summed E-state index contributed by atoms with van der Waals surface area (Å²) in [4.78, 5) is 29.5. The minimum atomic E-state index is -0.766. The van der Waals surface area contributed by atoms with E-state index in [4.69, 9.17) is 5.73 Å². The Hall–Kier alpha value is -1.79. The first-order valence-corrected chi connectivity index (χ1v) is 7.98. The van der Waals surface area contributed by atoms with Gasteiger partial charge < -0.3 is 16.4 Å². The van der Waals surface area contributed by atoms with Gasteiger partial charge in [-0.25, -0.2) is 4.79 Å². The Morgan fingerprint density at radius 2 is 2.14 bits per heavy atom. The van der Waals surface area contributed by atoms with Gasteiger partial charge in [0.1, 0.15) is 5.54 Å². The minimum absolute atomic E-state index is 0.160. The van der Waals surface area contributed by atoms with Crippen LogP contribution < -0.4 is 16.4 Å². The smallest absolute Gasteiger partial charge is 0.325 e. The van der Waals surface area contributed by atoms with Gasteiger partial charge in [-0.2, -0.15) is 0 Å². The van der Waals surface area contributed by atoms with Crippen LogP contribution in [0.2, 0.25) is 0 Å². The molecular formula is C15H29N5O2. The lowest BCUT2D eigenvalue weighted by atomic mass is 9.99. The Morgan fingerprint density at radius 3 is 2.68 bits per heavy atom. The van der Waals surface area contributed by atoms with E-state index in [2.05, 4.69) is 29.5 Å². The van der Waals surface area contributed by atoms with Gasteiger partial charge in [0.05, 0.1) is 0 Å². The molecule has 1 aliphatic heterocycles. The third kappa shape index (κ3) is 4.89. The zero-order valence-corrected chi connectivity index (χ0v) is 14.1. The van der Waals surface area contributed by atoms with E-state index in [0.717, 1.165) is 13.0 Å². The summed E-state index contributed by atoms with van der Waals surface area (Å²) in [5, 5.41) is 5.78. The Labute approximate surface area is 132 Å². The SMILES string of the molecule is CCC1(C)NC(=O)N(CCCN=C(N)NCCC(C)C)C1=O. The molecule has 0 radical (unpaired) electrons. The van der Waals surface area contributed by atoms with E-state index in [0.29, 0.717) is 37.8 Å². The topological polar surface area (TPSA) is 99.8 Å². The number of amides is 3. The standard InChI is InChI=1S/C15H29N5O2/c1-5-15(4)12(21)20(14(22)19-15)10-6-8-17-13(16)18-9-7-11(2)3/h11H,5-10H2,1-4H3,(H,19,22)(H3,16,17,18). The number of hydrogen-bond donors (Lipinski definition) is 3. The molecule has 1 fully saturated rings. The third-order valence-corrected chi connectivity index (χ3v) is 3.90. The number of carbonyl (C=O) groups is 2. The van der Waals surface area contributed by atoms with Crippen molar-refractivity contribution < 1.29 is 9.59 Å². The highest BCUT2D eigenvalue weighted by atomic mass is 16.2. The van der Waals surface area contributed by atoms with Gasteiger partial charge in [0.15, 0.2) is 5.96 Å². The van der Waals surface area contributed by atoms with E-state index in [9.17, 15) is 9.59 Å². The van der Waals surface area contributed by atoms with Crippen LogP contribution in [0.25, 0.3) is 0 Å². The number of nitrogens with zero attached hydrogens (tertiary/aromatic N) is 2. The number of nitrogens with two attached hydrogens (primary N) is 1. The summed E-state index contributed by atoms with van der Waals surface area (Å²) in [6.45, 7) is 9.59. The summed E-state index contributed by atoms with van der Waals surface area (Å²) >= 11 is 0. The number of hydrogen-bond acceptors (Lipinski definition) is 3. The molecule has 7 heteroatoms. The maximum absolute atomic E-state index is 12.2. The van der Waals surface area contributed by atoms with E-state index in [1.54, 1.807) is 6.92 Å². The van der Waals surface area contributed by atoms with Gasteiger partial charge >= 0.3 is 6.03 Å². The van der Waals surface area contributed by atoms with Crippen molar-refractivity contribution in [3.63, 3.8) is 0 Å². The fraction of sp³-hybridized carbons (Fsp3) is 0.800. The van der Waals surface area contributed by atoms with Crippen LogP contribution in [0.4, 0.5) is 4.79 Å². The molecule has 1 aliphatic rings. The van der Waals surface area contributed by atoms with Crippen molar-refractivity contribution in [1.29, 1.82) is 0 Å². The van der Waals surface area contributed by atoms with Crippen LogP contribution in [0, 0.1) is 5.92 Å². The fourth-order valence-corrected chi connectivity index (χ4v) is 2.16. The molecule has 7 nitrogen and oxygen atoms in total. The Bertz CT molecular complexity index is 436. The molecule has 0 bridgehead atoms. The predicted molar refractivity (Wildman–Crippen MR) is 87.5 cm³/mol. The summed E-state index contributed by atoms with van der Waals surface area (Å²) in [7, 11) is 0. The van der Waals surface area contributed by atoms with Crippen LogP contribution in [0.3, 0.4) is 0 Å². The maximum atomic E-state index is 12.2. The van der Waals surface area contributed by atoms with Gasteiger partial charge in [0.25, 0.3) is 5.91 Å². The molecule has 1 atom stereocenters. The van der Waals surface area contributed by atoms with Crippen LogP contribution in [-0.4, -0.2) is 48.0 Å². The first kappa shape index (κ1) is 18.3. The lowest BCUT2D eigenvalue weighted by Crippen LogP contribution is -2.43. The summed E-state index contributed by atoms with van der Waals surface area (Å²) in [6.07, 6.45) is 2.22. The number of rotatable bonds is 8. The van der Waals surface area contributed by atoms with Crippen molar-refractivity contribution in [2.75, 3.05) is 19.6 Å². The van der Waals surface area contributed by atoms with Crippen molar-refractivity contribution in [2.24, 2.45) is 16.6 Å². The molecule has 0 aromatic carbocycles. The van der Waals surface area contributed by atoms with Gasteiger partial charge in [-0.3, -0.25) is 14.7 Å². The van der Waals surface area contributed by atoms with E-state index in [-0.39, 0.29) is 11.9 Å². The second kappa shape index (κ2) is 8.00. The number of nitrogens with one attached hydrogen (secondary N) is 2. The Kier molecular flexibility index (Phi) is 6.64. The van der Waals surface area contributed by atoms with E-state index >= 15 is 0 Å². The average Bonchev–Trinajstić information content (AvgIpc) is 2.66. The lowest BCUT2D eigenvalue weighted by molar-refractivity contribution is -0.130. The zero-order chi connectivity index (χ0) is 16.8. The van der Waals surface area contributed by atoms with Crippen molar-refractivity contribution >= 4 is 17.9 Å². The normalized spacial score (nSPS) is 22.4. The second-order valence-corrected chi connectivity index (χ2v) is 6.30. The quantitative estimate of drug-likeness (QED) is 0.270. The first-order chi connectivity index (χ1) is 10.3. The molecule has 1 rings (SSSR count). The Morgan fingerprint density at radius 1 is 1.45 bits per heavy atom. The van der Waals surface area contributed by atoms with Crippen LogP contribution in [0.15, 0.2) is 4.99 Å². The highest BCUT2D eigenvalue weighted by Gasteiger charge is 2.45. The van der Waals surface area contributed by atoms with Gasteiger partial charge in [-0.15, -0.1) is 0 Å². The second-order valence-electron chi connectivity index (χ2n) is 6.30. The van der Waals surface area contributed by atoms with Gasteiger partial charge in [0.2, 0.25) is 0 Å². The molecule has 0 aromatic rings. The monoisotopic (exact) mass is 311 g/mol. The summed E-state index contributed by atoms with van der Waals surface area (Å²) in [5.74, 6) is 0.871. The van der Waals surface area contributed by atoms with Crippen LogP contribution in [0.5, 0.6) is 0 Å². The first-order valence-electron chi connectivity index (χ1n) is 7.98. The lowest BCUT2D eigenvalue weighted by Gasteiger charge is -2.19. The van der Waals surface area contributed by atoms with E-state index in [1.165, 1.54) is 4.90 Å². The molecular weight excluding hydrogens is 282 g/mol. The van der Waals surface area contributed by atoms with Gasteiger partial charge in [0, 0.05) is 19.6 Å². The van der Waals surface area contributed by atoms with Crippen LogP contribution in [0.1, 0.15) is 47.0 Å². The number of guanidine groups is 1. The predicted octanol–water partition coefficient (Wildman–Crippen LogP) is 1.05. The van der Waals surface area contributed by atoms with Gasteiger partial charge in [-0.1, -0.05) is 20.8 Å². The molecule has 0 saturated carbocycles. The number of imide groups is 1. The summed E-state index contributed by atoms with van der Waals surface area (Å²) < 4.78 is 0. The molecule has 4 N–H and O–H groups in total. The van der Waals surface area contributed by atoms with Gasteiger partial charge in [-0.05, 0) is 32.1 Å². The van der Waals surface area contributed by atoms with Crippen LogP contribution >= 0.6 is 0 Å². The molecule has 1 unspecified atom stereocenters. The zero-order valence-electron chi connectivity index (χ0n) is 14.1. The van der Waals surface area contributed by atoms with Crippen molar-refractivity contribution in [3.8, 4) is 0 Å². The summed E-state index contributed by atoms with van der Waals surface area (Å²) in [5.41, 5.74) is 4.99. The summed E-state index contributed by atoms with van der Waals surface area (Å²) in [6, 6.07) is -0.318. The molecule has 126 valence electrons. The van der Waals surface area contributed by atoms with Crippen molar-refractivity contribution in [2.45, 2.75) is 52.5 Å². The number of urea groups is 1. The average molecular weight is 311 g/mol. The van der Waals surface area contributed by atoms with E-state index in [1.807, 2.05) is 6.92 Å². The molecule has 1 heterocycles. The van der Waals surface area contributed by atoms with Crippen molar-refractivity contribution in [1.82, 2.24) is 15.5 Å². The maximum Gasteiger partial charge on any atom is 0.325 e. The van der Waals surface area contributed by atoms with Crippen LogP contribution in [-0.2, 0) is 4.79 Å². The minimum Gasteiger partial charge on any atom is -0.370 e. The van der Waals surface area contributed by atoms with E-state index < -0.39 is 5.54 Å². The molecule has 0 aromatic heterocycles. The molecule has 1 saturated heterocycles. The highest BCUT2D eigenvalue weighted by molar-refractivity contribution is 6.06. The number of aliphatic imine (C=N–C) groups is 1. The molecule has 0 spiro atoms. The molecule has 3 amide bonds. The highest BCUT2D eigenvalue weighted by Crippen LogP contribution is 2.20.